The molecule has 1 saturated heterocycles. The molecule has 6 rings (SSSR count). The Balaban J connectivity index is 1.33. The first-order chi connectivity index (χ1) is 28.2. The summed E-state index contributed by atoms with van der Waals surface area (Å²) in [4.78, 5) is 38.1. The van der Waals surface area contributed by atoms with Crippen molar-refractivity contribution in [3.63, 3.8) is 0 Å². The number of allylic oxidation sites excluding steroid dienone is 3. The molecule has 320 valence electrons. The van der Waals surface area contributed by atoms with E-state index in [4.69, 9.17) is 9.47 Å². The first-order valence-corrected chi connectivity index (χ1v) is 22.3. The van der Waals surface area contributed by atoms with Gasteiger partial charge < -0.3 is 34.8 Å². The van der Waals surface area contributed by atoms with Gasteiger partial charge in [0.25, 0.3) is 0 Å². The van der Waals surface area contributed by atoms with Gasteiger partial charge in [0.05, 0.1) is 18.9 Å². The second-order valence-corrected chi connectivity index (χ2v) is 18.0. The third-order valence-corrected chi connectivity index (χ3v) is 13.6. The summed E-state index contributed by atoms with van der Waals surface area (Å²) in [5.41, 5.74) is 13.9. The Hall–Kier alpha value is -4.50. The number of methoxy groups -OCH3 is 1. The Kier molecular flexibility index (Phi) is 14.1. The van der Waals surface area contributed by atoms with Crippen LogP contribution in [0.1, 0.15) is 162 Å². The van der Waals surface area contributed by atoms with Crippen LogP contribution in [0.4, 0.5) is 0 Å². The number of H-pyrrole nitrogens is 3. The number of esters is 2. The minimum absolute atomic E-state index is 0.0300. The van der Waals surface area contributed by atoms with E-state index in [9.17, 15) is 14.7 Å². The highest BCUT2D eigenvalue weighted by Crippen LogP contribution is 2.52. The second-order valence-electron chi connectivity index (χ2n) is 18.0. The van der Waals surface area contributed by atoms with Crippen LogP contribution in [0.5, 0.6) is 0 Å². The summed E-state index contributed by atoms with van der Waals surface area (Å²) in [7, 11) is 1.37. The molecule has 59 heavy (non-hydrogen) atoms. The van der Waals surface area contributed by atoms with Crippen molar-refractivity contribution in [1.82, 2.24) is 20.3 Å². The normalized spacial score (nSPS) is 23.6. The maximum absolute atomic E-state index is 13.6. The third-order valence-electron chi connectivity index (χ3n) is 13.6. The number of aromatic nitrogens is 3. The SMILES string of the molecule is CCc1c2[nH]c(c1C)/C=C1\N/C(=C3\c4[nH]c(c(C)c4[C@H](O)[C@@H]3C(=O)OC)/C=c3\[nH]/c(c(C)c3CC)=C\2)[C@@H](CCC(=O)OC/C=C(\C)CCC[C@@H](C)CCCC(C)C)[C@@H]1C. The molecule has 8 bridgehead atoms. The molecule has 5 atom stereocenters. The van der Waals surface area contributed by atoms with Gasteiger partial charge in [0.15, 0.2) is 0 Å². The molecule has 1 fully saturated rings. The number of aliphatic hydroxyl groups is 1. The fraction of sp³-hybridized carbons (Fsp3) is 0.560. The van der Waals surface area contributed by atoms with Gasteiger partial charge >= 0.3 is 11.9 Å². The quantitative estimate of drug-likeness (QED) is 0.0726. The van der Waals surface area contributed by atoms with Crippen LogP contribution in [0.25, 0.3) is 23.8 Å². The molecule has 3 aromatic heterocycles. The predicted octanol–water partition coefficient (Wildman–Crippen LogP) is 9.04. The Labute approximate surface area is 351 Å². The zero-order chi connectivity index (χ0) is 42.7. The summed E-state index contributed by atoms with van der Waals surface area (Å²) in [6, 6.07) is 0. The number of ether oxygens (including phenoxy) is 2. The largest absolute Gasteiger partial charge is 0.468 e. The fourth-order valence-electron chi connectivity index (χ4n) is 9.89. The van der Waals surface area contributed by atoms with Gasteiger partial charge in [-0.15, -0.1) is 0 Å². The topological polar surface area (TPSA) is 132 Å². The van der Waals surface area contributed by atoms with E-state index < -0.39 is 18.0 Å². The van der Waals surface area contributed by atoms with Gasteiger partial charge in [-0.3, -0.25) is 9.59 Å². The molecule has 0 spiro atoms. The highest BCUT2D eigenvalue weighted by molar-refractivity contribution is 5.95. The molecule has 5 heterocycles. The summed E-state index contributed by atoms with van der Waals surface area (Å²) in [5.74, 6) is -0.363. The number of nitrogens with one attached hydrogen (secondary N) is 4. The zero-order valence-corrected chi connectivity index (χ0v) is 37.6. The van der Waals surface area contributed by atoms with E-state index in [1.54, 1.807) is 0 Å². The van der Waals surface area contributed by atoms with Crippen LogP contribution >= 0.6 is 0 Å². The van der Waals surface area contributed by atoms with E-state index >= 15 is 0 Å². The van der Waals surface area contributed by atoms with Gasteiger partial charge in [-0.2, -0.15) is 0 Å². The number of rotatable bonds is 16. The number of hydrogen-bond donors (Lipinski definition) is 5. The van der Waals surface area contributed by atoms with E-state index in [0.29, 0.717) is 17.6 Å². The Bertz CT molecular complexity index is 2260. The van der Waals surface area contributed by atoms with Crippen LogP contribution in [0.3, 0.4) is 0 Å². The highest BCUT2D eigenvalue weighted by Gasteiger charge is 2.48. The number of aromatic amines is 3. The van der Waals surface area contributed by atoms with Crippen LogP contribution in [0, 0.1) is 50.4 Å². The number of hydrogen-bond acceptors (Lipinski definition) is 6. The van der Waals surface area contributed by atoms with Crippen LogP contribution in [-0.2, 0) is 31.9 Å². The van der Waals surface area contributed by atoms with Crippen molar-refractivity contribution in [2.45, 2.75) is 140 Å². The summed E-state index contributed by atoms with van der Waals surface area (Å²) < 4.78 is 11.1. The van der Waals surface area contributed by atoms with Crippen molar-refractivity contribution >= 4 is 35.7 Å². The van der Waals surface area contributed by atoms with E-state index in [2.05, 4.69) is 101 Å². The van der Waals surface area contributed by atoms with Gasteiger partial charge in [0.2, 0.25) is 0 Å². The lowest BCUT2D eigenvalue weighted by atomic mass is 9.84. The molecule has 1 aliphatic carbocycles. The maximum atomic E-state index is 13.6. The van der Waals surface area contributed by atoms with Gasteiger partial charge in [0.1, 0.15) is 12.5 Å². The molecule has 9 heteroatoms. The molecular weight excluding hydrogens is 737 g/mol. The van der Waals surface area contributed by atoms with Gasteiger partial charge in [0, 0.05) is 68.6 Å². The highest BCUT2D eigenvalue weighted by atomic mass is 16.5. The van der Waals surface area contributed by atoms with E-state index in [1.807, 2.05) is 13.0 Å². The van der Waals surface area contributed by atoms with Crippen molar-refractivity contribution in [3.05, 3.63) is 89.9 Å². The summed E-state index contributed by atoms with van der Waals surface area (Å²) >= 11 is 0. The molecule has 9 nitrogen and oxygen atoms in total. The summed E-state index contributed by atoms with van der Waals surface area (Å²) in [6.45, 7) is 22.2. The minimum atomic E-state index is -1.10. The molecule has 0 aromatic carbocycles. The molecule has 0 amide bonds. The lowest BCUT2D eigenvalue weighted by Crippen LogP contribution is -2.24. The molecule has 5 N–H and O–H groups in total. The first-order valence-electron chi connectivity index (χ1n) is 22.3. The second kappa shape index (κ2) is 18.8. The Morgan fingerprint density at radius 2 is 1.54 bits per heavy atom. The van der Waals surface area contributed by atoms with Crippen LogP contribution in [0.15, 0.2) is 23.0 Å². The van der Waals surface area contributed by atoms with Crippen molar-refractivity contribution in [2.24, 2.45) is 29.6 Å². The van der Waals surface area contributed by atoms with Gasteiger partial charge in [-0.25, -0.2) is 0 Å². The Morgan fingerprint density at radius 1 is 0.847 bits per heavy atom. The summed E-state index contributed by atoms with van der Waals surface area (Å²) in [6.07, 6.45) is 17.2. The molecule has 0 unspecified atom stereocenters. The van der Waals surface area contributed by atoms with E-state index in [1.165, 1.54) is 60.6 Å². The maximum Gasteiger partial charge on any atom is 0.316 e. The monoisotopic (exact) mass is 807 g/mol. The number of fused-ring (bicyclic) bond motifs is 7. The molecular formula is C50H70N4O5. The predicted molar refractivity (Wildman–Crippen MR) is 239 cm³/mol. The molecule has 2 aliphatic heterocycles. The van der Waals surface area contributed by atoms with E-state index in [0.717, 1.165) is 88.0 Å². The number of aliphatic hydroxyl groups excluding tert-OH is 1. The van der Waals surface area contributed by atoms with E-state index in [-0.39, 0.29) is 30.8 Å². The number of carbonyl (C=O) groups is 2. The van der Waals surface area contributed by atoms with Crippen molar-refractivity contribution in [1.29, 1.82) is 0 Å². The lowest BCUT2D eigenvalue weighted by molar-refractivity contribution is -0.146. The van der Waals surface area contributed by atoms with Crippen molar-refractivity contribution < 1.29 is 24.2 Å². The zero-order valence-electron chi connectivity index (χ0n) is 37.6. The van der Waals surface area contributed by atoms with Crippen LogP contribution in [-0.4, -0.2) is 45.7 Å². The average molecular weight is 807 g/mol. The lowest BCUT2D eigenvalue weighted by Gasteiger charge is -2.21. The summed E-state index contributed by atoms with van der Waals surface area (Å²) in [5, 5.41) is 17.8. The molecule has 3 aromatic rings. The van der Waals surface area contributed by atoms with Crippen molar-refractivity contribution in [2.75, 3.05) is 13.7 Å². The minimum Gasteiger partial charge on any atom is -0.468 e. The van der Waals surface area contributed by atoms with Crippen LogP contribution < -0.4 is 16.0 Å². The molecule has 3 aliphatic rings. The third kappa shape index (κ3) is 9.15. The smallest absolute Gasteiger partial charge is 0.316 e. The Morgan fingerprint density at radius 3 is 2.24 bits per heavy atom. The fourth-order valence-corrected chi connectivity index (χ4v) is 9.89. The van der Waals surface area contributed by atoms with Gasteiger partial charge in [-0.05, 0) is 124 Å². The average Bonchev–Trinajstić information content (AvgIpc) is 3.94. The number of carbonyl (C=O) groups excluding carboxylic acids is 2. The van der Waals surface area contributed by atoms with Crippen LogP contribution in [0.2, 0.25) is 0 Å². The first kappa shape index (κ1) is 44.1. The van der Waals surface area contributed by atoms with Crippen molar-refractivity contribution in [3.8, 4) is 0 Å². The van der Waals surface area contributed by atoms with Gasteiger partial charge in [-0.1, -0.05) is 72.8 Å². The molecule has 0 saturated carbocycles. The standard InChI is InChI=1S/C50H70N4O5/c1-12-34-30(7)37-24-39-32(9)36(20-21-43(55)59-23-22-29(6)19-15-18-28(5)17-14-16-27(3)4)47(53-39)45-46(50(57)58-11)49(56)44-33(10)40(54-48(44)45)26-42-35(13-2)31(8)38(52-42)25-41(34)51-37/h22,24-28,32,36,46,49,51-54,56H,12-21,23H2,1-11H3/b29-22+,38-25-,39-24-,42-26-,47-45-/t28-,32-,36-,46+,49-/m0/s1. The molecule has 0 radical (unpaired) electrons.